The minimum absolute atomic E-state index is 0. The molecule has 0 aromatic rings. The van der Waals surface area contributed by atoms with Gasteiger partial charge in [0.1, 0.15) is 0 Å². The second-order valence-corrected chi connectivity index (χ2v) is 1.60. The first-order valence-corrected chi connectivity index (χ1v) is 2.51. The van der Waals surface area contributed by atoms with Crippen molar-refractivity contribution in [3.63, 3.8) is 0 Å². The van der Waals surface area contributed by atoms with Gasteiger partial charge in [0.05, 0.1) is 11.9 Å². The zero-order chi connectivity index (χ0) is 7.44. The van der Waals surface area contributed by atoms with Crippen LogP contribution in [0.4, 0.5) is 0 Å². The molecule has 0 radical (unpaired) electrons. The molecule has 0 aliphatic heterocycles. The maximum absolute atomic E-state index is 9.84. The van der Waals surface area contributed by atoms with E-state index in [0.29, 0.717) is 0 Å². The molecule has 0 saturated carbocycles. The molecule has 0 aromatic heterocycles. The van der Waals surface area contributed by atoms with Crippen LogP contribution in [0.3, 0.4) is 0 Å². The second kappa shape index (κ2) is 8.63. The van der Waals surface area contributed by atoms with Gasteiger partial charge in [0.25, 0.3) is 0 Å². The second-order valence-electron chi connectivity index (χ2n) is 1.60. The van der Waals surface area contributed by atoms with E-state index in [1.165, 1.54) is 6.92 Å². The number of rotatable bonds is 3. The monoisotopic (exact) mass is 160 g/mol. The zero-order valence-corrected chi connectivity index (χ0v) is 8.92. The predicted molar refractivity (Wildman–Crippen MR) is 23.8 cm³/mol. The van der Waals surface area contributed by atoms with Crippen LogP contribution in [0.1, 0.15) is 13.3 Å². The fraction of sp³-hybridized carbons (Fsp3) is 0.600. The summed E-state index contributed by atoms with van der Waals surface area (Å²) < 4.78 is 0. The molecule has 0 aromatic carbocycles. The van der Waals surface area contributed by atoms with Crippen molar-refractivity contribution in [3.8, 4) is 0 Å². The summed E-state index contributed by atoms with van der Waals surface area (Å²) in [6.45, 7) is 1.44. The molecule has 0 unspecified atom stereocenters. The van der Waals surface area contributed by atoms with Crippen LogP contribution in [0, 0.1) is 5.92 Å². The first-order chi connectivity index (χ1) is 4.09. The Morgan fingerprint density at radius 1 is 1.27 bits per heavy atom. The molecule has 4 nitrogen and oxygen atoms in total. The van der Waals surface area contributed by atoms with Gasteiger partial charge in [-0.05, 0) is 6.42 Å². The van der Waals surface area contributed by atoms with E-state index in [1.54, 1.807) is 0 Å². The van der Waals surface area contributed by atoms with Crippen molar-refractivity contribution in [2.45, 2.75) is 13.3 Å². The standard InChI is InChI=1S/C5H8O4.Li.Na/c1-2-3(4(6)7)5(8)9;;/h3H,2H2,1H3,(H,6,7)(H,8,9);;/q;2*+1/p-2. The summed E-state index contributed by atoms with van der Waals surface area (Å²) in [6, 6.07) is 0. The van der Waals surface area contributed by atoms with Crippen molar-refractivity contribution < 1.29 is 68.2 Å². The number of carbonyl (C=O) groups is 2. The van der Waals surface area contributed by atoms with Crippen LogP contribution in [0.2, 0.25) is 0 Å². The third-order valence-corrected chi connectivity index (χ3v) is 0.977. The van der Waals surface area contributed by atoms with Gasteiger partial charge in [-0.1, -0.05) is 6.92 Å². The quantitative estimate of drug-likeness (QED) is 0.303. The van der Waals surface area contributed by atoms with E-state index in [9.17, 15) is 19.8 Å². The number of carboxylic acids is 2. The van der Waals surface area contributed by atoms with Gasteiger partial charge < -0.3 is 19.8 Å². The number of hydrogen-bond acceptors (Lipinski definition) is 4. The Labute approximate surface area is 98.8 Å². The molecule has 0 aliphatic carbocycles. The number of hydrogen-bond donors (Lipinski definition) is 0. The van der Waals surface area contributed by atoms with E-state index in [4.69, 9.17) is 0 Å². The van der Waals surface area contributed by atoms with Crippen LogP contribution in [0.15, 0.2) is 0 Å². The van der Waals surface area contributed by atoms with E-state index in [1.807, 2.05) is 0 Å². The van der Waals surface area contributed by atoms with Crippen molar-refractivity contribution in [2.75, 3.05) is 0 Å². The molecule has 11 heavy (non-hydrogen) atoms. The van der Waals surface area contributed by atoms with Gasteiger partial charge in [0, 0.05) is 5.92 Å². The average molecular weight is 160 g/mol. The van der Waals surface area contributed by atoms with Gasteiger partial charge in [-0.2, -0.15) is 0 Å². The van der Waals surface area contributed by atoms with Crippen LogP contribution >= 0.6 is 0 Å². The van der Waals surface area contributed by atoms with E-state index in [0.717, 1.165) is 0 Å². The van der Waals surface area contributed by atoms with E-state index >= 15 is 0 Å². The Balaban J connectivity index is -0.000000320. The van der Waals surface area contributed by atoms with E-state index < -0.39 is 17.9 Å². The minimum Gasteiger partial charge on any atom is -0.549 e. The molecule has 0 bridgehead atoms. The Hall–Kier alpha value is 0.537. The molecule has 52 valence electrons. The molecule has 0 saturated heterocycles. The van der Waals surface area contributed by atoms with Gasteiger partial charge in [0.15, 0.2) is 0 Å². The topological polar surface area (TPSA) is 80.3 Å². The van der Waals surface area contributed by atoms with Gasteiger partial charge in [0.2, 0.25) is 0 Å². The van der Waals surface area contributed by atoms with E-state index in [-0.39, 0.29) is 54.8 Å². The van der Waals surface area contributed by atoms with Crippen LogP contribution in [0.5, 0.6) is 0 Å². The van der Waals surface area contributed by atoms with E-state index in [2.05, 4.69) is 0 Å². The van der Waals surface area contributed by atoms with Crippen molar-refractivity contribution >= 4 is 11.9 Å². The van der Waals surface area contributed by atoms with Gasteiger partial charge in [-0.15, -0.1) is 0 Å². The molecule has 0 heterocycles. The van der Waals surface area contributed by atoms with Crippen LogP contribution in [0.25, 0.3) is 0 Å². The van der Waals surface area contributed by atoms with Crippen molar-refractivity contribution in [1.29, 1.82) is 0 Å². The smallest absolute Gasteiger partial charge is 0.549 e. The Bertz CT molecular complexity index is 124. The molecule has 0 amide bonds. The van der Waals surface area contributed by atoms with Crippen molar-refractivity contribution in [1.82, 2.24) is 0 Å². The molecule has 0 fully saturated rings. The third kappa shape index (κ3) is 6.92. The van der Waals surface area contributed by atoms with Gasteiger partial charge in [-0.3, -0.25) is 0 Å². The van der Waals surface area contributed by atoms with Crippen LogP contribution < -0.4 is 58.6 Å². The first kappa shape index (κ1) is 17.6. The van der Waals surface area contributed by atoms with Crippen molar-refractivity contribution in [3.05, 3.63) is 0 Å². The fourth-order valence-electron chi connectivity index (χ4n) is 0.430. The molecule has 0 N–H and O–H groups in total. The summed E-state index contributed by atoms with van der Waals surface area (Å²) in [5.74, 6) is -4.64. The number of aliphatic carboxylic acids is 2. The number of carbonyl (C=O) groups excluding carboxylic acids is 2. The largest absolute Gasteiger partial charge is 1.00 e. The SMILES string of the molecule is CCC(C(=O)[O-])C(=O)[O-].[Li+].[Na+]. The first-order valence-electron chi connectivity index (χ1n) is 2.51. The minimum atomic E-state index is -1.59. The van der Waals surface area contributed by atoms with Crippen LogP contribution in [-0.2, 0) is 9.59 Å². The Kier molecular flexibility index (Phi) is 13.8. The average Bonchev–Trinajstić information content (AvgIpc) is 1.64. The predicted octanol–water partition coefficient (Wildman–Crippen LogP) is -8.48. The summed E-state index contributed by atoms with van der Waals surface area (Å²) in [6.07, 6.45) is 0.00463. The Morgan fingerprint density at radius 3 is 1.55 bits per heavy atom. The summed E-state index contributed by atoms with van der Waals surface area (Å²) >= 11 is 0. The van der Waals surface area contributed by atoms with Gasteiger partial charge >= 0.3 is 48.4 Å². The molecular formula is C5H6LiNaO4. The molecule has 0 aliphatic rings. The number of carboxylic acid groups (broad SMARTS) is 2. The van der Waals surface area contributed by atoms with Crippen molar-refractivity contribution in [2.24, 2.45) is 5.92 Å². The third-order valence-electron chi connectivity index (χ3n) is 0.977. The van der Waals surface area contributed by atoms with Gasteiger partial charge in [-0.25, -0.2) is 0 Å². The molecule has 0 atom stereocenters. The summed E-state index contributed by atoms with van der Waals surface area (Å²) in [5.41, 5.74) is 0. The maximum atomic E-state index is 9.84. The Morgan fingerprint density at radius 2 is 1.55 bits per heavy atom. The zero-order valence-electron chi connectivity index (χ0n) is 6.92. The molecule has 6 heteroatoms. The summed E-state index contributed by atoms with van der Waals surface area (Å²) in [4.78, 5) is 19.7. The molecular weight excluding hydrogens is 154 g/mol. The normalized spacial score (nSPS) is 7.82. The molecule has 0 rings (SSSR count). The van der Waals surface area contributed by atoms with Crippen LogP contribution in [-0.4, -0.2) is 11.9 Å². The summed E-state index contributed by atoms with van der Waals surface area (Å²) in [5, 5.41) is 19.7. The molecule has 0 spiro atoms. The fourth-order valence-corrected chi connectivity index (χ4v) is 0.430. The summed E-state index contributed by atoms with van der Waals surface area (Å²) in [7, 11) is 0. The maximum Gasteiger partial charge on any atom is 1.00 e.